The minimum Gasteiger partial charge on any atom is -0.422 e. The molecule has 7 nitrogen and oxygen atoms in total. The molecule has 0 aliphatic rings. The summed E-state index contributed by atoms with van der Waals surface area (Å²) in [5, 5.41) is 6.24. The lowest BCUT2D eigenvalue weighted by molar-refractivity contribution is -0.136. The molecule has 0 fully saturated rings. The summed E-state index contributed by atoms with van der Waals surface area (Å²) in [6.07, 6.45) is 1.29. The summed E-state index contributed by atoms with van der Waals surface area (Å²) in [6.45, 7) is 0. The van der Waals surface area contributed by atoms with Gasteiger partial charge in [0.1, 0.15) is 5.75 Å². The van der Waals surface area contributed by atoms with Crippen molar-refractivity contribution in [2.24, 2.45) is 5.10 Å². The molecule has 31 heavy (non-hydrogen) atoms. The normalized spacial score (nSPS) is 10.5. The van der Waals surface area contributed by atoms with E-state index < -0.39 is 17.8 Å². The summed E-state index contributed by atoms with van der Waals surface area (Å²) in [5.41, 5.74) is 3.42. The Morgan fingerprint density at radius 1 is 0.839 bits per heavy atom. The van der Waals surface area contributed by atoms with Gasteiger partial charge in [0.2, 0.25) is 0 Å². The third-order valence-electron chi connectivity index (χ3n) is 3.89. The van der Waals surface area contributed by atoms with E-state index in [2.05, 4.69) is 47.7 Å². The fourth-order valence-corrected chi connectivity index (χ4v) is 3.11. The number of esters is 1. The molecular formula is C22H15Br2N3O4. The highest BCUT2D eigenvalue weighted by molar-refractivity contribution is 9.10. The molecule has 0 aromatic heterocycles. The number of hydrazone groups is 1. The van der Waals surface area contributed by atoms with Crippen LogP contribution in [0, 0.1) is 0 Å². The SMILES string of the molecule is O=C(N/N=C/c1ccccc1OC(=O)c1ccccc1Br)C(=O)Nc1ccc(Br)cc1. The van der Waals surface area contributed by atoms with E-state index >= 15 is 0 Å². The molecule has 156 valence electrons. The average molecular weight is 545 g/mol. The van der Waals surface area contributed by atoms with Crippen LogP contribution in [-0.4, -0.2) is 24.0 Å². The molecule has 2 amide bonds. The van der Waals surface area contributed by atoms with Crippen molar-refractivity contribution in [3.8, 4) is 5.75 Å². The van der Waals surface area contributed by atoms with Crippen LogP contribution in [-0.2, 0) is 9.59 Å². The molecule has 0 heterocycles. The first-order valence-electron chi connectivity index (χ1n) is 8.90. The zero-order valence-corrected chi connectivity index (χ0v) is 19.0. The van der Waals surface area contributed by atoms with Crippen LogP contribution in [0.25, 0.3) is 0 Å². The highest BCUT2D eigenvalue weighted by Gasteiger charge is 2.15. The van der Waals surface area contributed by atoms with Crippen molar-refractivity contribution in [2.45, 2.75) is 0 Å². The fourth-order valence-electron chi connectivity index (χ4n) is 2.39. The first kappa shape index (κ1) is 22.4. The highest BCUT2D eigenvalue weighted by atomic mass is 79.9. The van der Waals surface area contributed by atoms with Gasteiger partial charge in [-0.25, -0.2) is 10.2 Å². The van der Waals surface area contributed by atoms with Crippen LogP contribution in [0.15, 0.2) is 86.8 Å². The van der Waals surface area contributed by atoms with E-state index in [1.165, 1.54) is 6.21 Å². The number of halogens is 2. The van der Waals surface area contributed by atoms with Gasteiger partial charge in [0.15, 0.2) is 0 Å². The van der Waals surface area contributed by atoms with Crippen molar-refractivity contribution in [3.05, 3.63) is 92.9 Å². The number of carbonyl (C=O) groups excluding carboxylic acids is 3. The second-order valence-electron chi connectivity index (χ2n) is 6.07. The molecule has 0 spiro atoms. The molecule has 2 N–H and O–H groups in total. The Kier molecular flexibility index (Phi) is 7.69. The predicted octanol–water partition coefficient (Wildman–Crippen LogP) is 4.52. The Morgan fingerprint density at radius 3 is 2.26 bits per heavy atom. The zero-order valence-electron chi connectivity index (χ0n) is 15.8. The predicted molar refractivity (Wildman–Crippen MR) is 124 cm³/mol. The van der Waals surface area contributed by atoms with E-state index in [4.69, 9.17) is 4.74 Å². The Morgan fingerprint density at radius 2 is 1.52 bits per heavy atom. The van der Waals surface area contributed by atoms with Gasteiger partial charge in [0.05, 0.1) is 11.8 Å². The number of hydrogen-bond donors (Lipinski definition) is 2. The lowest BCUT2D eigenvalue weighted by atomic mass is 10.2. The minimum absolute atomic E-state index is 0.251. The van der Waals surface area contributed by atoms with Crippen molar-refractivity contribution in [2.75, 3.05) is 5.32 Å². The van der Waals surface area contributed by atoms with Crippen molar-refractivity contribution in [3.63, 3.8) is 0 Å². The van der Waals surface area contributed by atoms with E-state index in [-0.39, 0.29) is 5.75 Å². The second-order valence-corrected chi connectivity index (χ2v) is 7.84. The van der Waals surface area contributed by atoms with Gasteiger partial charge in [0, 0.05) is 20.2 Å². The first-order chi connectivity index (χ1) is 14.9. The number of anilines is 1. The lowest BCUT2D eigenvalue weighted by Gasteiger charge is -2.08. The van der Waals surface area contributed by atoms with E-state index in [1.54, 1.807) is 72.8 Å². The van der Waals surface area contributed by atoms with Crippen LogP contribution in [0.2, 0.25) is 0 Å². The van der Waals surface area contributed by atoms with E-state index in [1.807, 2.05) is 0 Å². The molecule has 0 aliphatic heterocycles. The van der Waals surface area contributed by atoms with Gasteiger partial charge in [-0.05, 0) is 64.5 Å². The molecule has 9 heteroatoms. The quantitative estimate of drug-likeness (QED) is 0.162. The maximum atomic E-state index is 12.4. The van der Waals surface area contributed by atoms with Gasteiger partial charge < -0.3 is 10.1 Å². The molecule has 0 saturated heterocycles. The molecule has 0 radical (unpaired) electrons. The largest absolute Gasteiger partial charge is 0.422 e. The van der Waals surface area contributed by atoms with Gasteiger partial charge in [-0.1, -0.05) is 40.2 Å². The van der Waals surface area contributed by atoms with Crippen LogP contribution >= 0.6 is 31.9 Å². The van der Waals surface area contributed by atoms with Crippen LogP contribution in [0.5, 0.6) is 5.75 Å². The standard InChI is InChI=1S/C22H15Br2N3O4/c23-15-9-11-16(12-10-15)26-20(28)21(29)27-25-13-14-5-1-4-8-19(14)31-22(30)17-6-2-3-7-18(17)24/h1-13H,(H,26,28)(H,27,29)/b25-13+. The van der Waals surface area contributed by atoms with E-state index in [9.17, 15) is 14.4 Å². The molecule has 0 bridgehead atoms. The van der Waals surface area contributed by atoms with Crippen molar-refractivity contribution < 1.29 is 19.1 Å². The maximum absolute atomic E-state index is 12.4. The molecule has 3 aromatic rings. The van der Waals surface area contributed by atoms with Crippen LogP contribution in [0.4, 0.5) is 5.69 Å². The third-order valence-corrected chi connectivity index (χ3v) is 5.11. The molecule has 0 saturated carbocycles. The number of rotatable bonds is 5. The minimum atomic E-state index is -0.943. The van der Waals surface area contributed by atoms with Gasteiger partial charge in [-0.2, -0.15) is 5.10 Å². The number of carbonyl (C=O) groups is 3. The fraction of sp³-hybridized carbons (Fsp3) is 0. The average Bonchev–Trinajstić information content (AvgIpc) is 2.76. The Hall–Kier alpha value is -3.30. The van der Waals surface area contributed by atoms with Crippen LogP contribution < -0.4 is 15.5 Å². The number of para-hydroxylation sites is 1. The number of hydrogen-bond acceptors (Lipinski definition) is 5. The lowest BCUT2D eigenvalue weighted by Crippen LogP contribution is -2.32. The number of nitrogens with zero attached hydrogens (tertiary/aromatic N) is 1. The molecule has 0 aliphatic carbocycles. The molecule has 0 unspecified atom stereocenters. The Bertz CT molecular complexity index is 1150. The summed E-state index contributed by atoms with van der Waals surface area (Å²) in [4.78, 5) is 36.3. The summed E-state index contributed by atoms with van der Waals surface area (Å²) < 4.78 is 6.90. The van der Waals surface area contributed by atoms with Crippen molar-refractivity contribution in [1.82, 2.24) is 5.43 Å². The smallest absolute Gasteiger partial charge is 0.344 e. The molecule has 3 aromatic carbocycles. The number of amides is 2. The topological polar surface area (TPSA) is 96.9 Å². The zero-order chi connectivity index (χ0) is 22.2. The molecule has 3 rings (SSSR count). The summed E-state index contributed by atoms with van der Waals surface area (Å²) in [7, 11) is 0. The molecular weight excluding hydrogens is 530 g/mol. The summed E-state index contributed by atoms with van der Waals surface area (Å²) in [5.74, 6) is -2.11. The molecule has 0 atom stereocenters. The first-order valence-corrected chi connectivity index (χ1v) is 10.5. The van der Waals surface area contributed by atoms with E-state index in [0.29, 0.717) is 21.3 Å². The van der Waals surface area contributed by atoms with Gasteiger partial charge in [-0.3, -0.25) is 9.59 Å². The Balaban J connectivity index is 1.63. The third kappa shape index (κ3) is 6.34. The Labute approximate surface area is 194 Å². The number of ether oxygens (including phenoxy) is 1. The van der Waals surface area contributed by atoms with E-state index in [0.717, 1.165) is 4.47 Å². The summed E-state index contributed by atoms with van der Waals surface area (Å²) >= 11 is 6.60. The van der Waals surface area contributed by atoms with Crippen molar-refractivity contribution >= 4 is 61.5 Å². The number of benzene rings is 3. The van der Waals surface area contributed by atoms with Gasteiger partial charge >= 0.3 is 17.8 Å². The van der Waals surface area contributed by atoms with Gasteiger partial charge in [-0.15, -0.1) is 0 Å². The monoisotopic (exact) mass is 543 g/mol. The summed E-state index contributed by atoms with van der Waals surface area (Å²) in [6, 6.07) is 20.3. The van der Waals surface area contributed by atoms with Gasteiger partial charge in [0.25, 0.3) is 0 Å². The highest BCUT2D eigenvalue weighted by Crippen LogP contribution is 2.21. The van der Waals surface area contributed by atoms with Crippen LogP contribution in [0.1, 0.15) is 15.9 Å². The maximum Gasteiger partial charge on any atom is 0.344 e. The van der Waals surface area contributed by atoms with Crippen LogP contribution in [0.3, 0.4) is 0 Å². The second kappa shape index (κ2) is 10.6. The number of nitrogens with one attached hydrogen (secondary N) is 2. The van der Waals surface area contributed by atoms with Crippen molar-refractivity contribution in [1.29, 1.82) is 0 Å².